The van der Waals surface area contributed by atoms with E-state index in [-0.39, 0.29) is 5.91 Å². The lowest BCUT2D eigenvalue weighted by molar-refractivity contribution is 0.0996. The number of benzene rings is 2. The lowest BCUT2D eigenvalue weighted by Gasteiger charge is -2.16. The molecule has 0 aliphatic carbocycles. The third-order valence-corrected chi connectivity index (χ3v) is 3.58. The predicted molar refractivity (Wildman–Crippen MR) is 79.5 cm³/mol. The number of hydrogen-bond acceptors (Lipinski definition) is 3. The molecule has 0 radical (unpaired) electrons. The van der Waals surface area contributed by atoms with Crippen molar-refractivity contribution in [2.24, 2.45) is 0 Å². The molecule has 1 aliphatic heterocycles. The molecule has 102 valence electrons. The predicted octanol–water partition coefficient (Wildman–Crippen LogP) is 2.90. The first-order chi connectivity index (χ1) is 9.72. The van der Waals surface area contributed by atoms with E-state index in [4.69, 9.17) is 4.74 Å². The van der Waals surface area contributed by atoms with Gasteiger partial charge in [0, 0.05) is 24.0 Å². The second-order valence-corrected chi connectivity index (χ2v) is 4.71. The Labute approximate surface area is 118 Å². The summed E-state index contributed by atoms with van der Waals surface area (Å²) in [5.74, 6) is 0.823. The zero-order valence-electron chi connectivity index (χ0n) is 11.5. The molecular formula is C16H16N2O2. The normalized spacial score (nSPS) is 13.3. The maximum absolute atomic E-state index is 12.4. The lowest BCUT2D eigenvalue weighted by Crippen LogP contribution is -2.22. The number of anilines is 2. The van der Waals surface area contributed by atoms with Gasteiger partial charge in [0.1, 0.15) is 5.75 Å². The minimum Gasteiger partial charge on any atom is -0.497 e. The second-order valence-electron chi connectivity index (χ2n) is 4.71. The van der Waals surface area contributed by atoms with Crippen molar-refractivity contribution in [3.63, 3.8) is 0 Å². The molecule has 20 heavy (non-hydrogen) atoms. The molecule has 2 aromatic carbocycles. The van der Waals surface area contributed by atoms with Gasteiger partial charge in [-0.3, -0.25) is 4.79 Å². The molecule has 1 amide bonds. The van der Waals surface area contributed by atoms with Gasteiger partial charge in [-0.2, -0.15) is 0 Å². The van der Waals surface area contributed by atoms with E-state index in [0.29, 0.717) is 6.54 Å². The van der Waals surface area contributed by atoms with Crippen molar-refractivity contribution < 1.29 is 9.53 Å². The smallest absolute Gasteiger partial charge is 0.258 e. The number of ether oxygens (including phenoxy) is 1. The van der Waals surface area contributed by atoms with Crippen LogP contribution in [0.1, 0.15) is 15.9 Å². The molecule has 3 rings (SSSR count). The number of nitrogens with one attached hydrogen (secondary N) is 1. The van der Waals surface area contributed by atoms with Crippen molar-refractivity contribution in [1.29, 1.82) is 0 Å². The standard InChI is InChI=1S/C16H16N2O2/c1-17-12-3-5-13(6-4-12)18-10-11-9-14(20-2)7-8-15(11)16(18)19/h3-9,17H,10H2,1-2H3/i1-1. The Morgan fingerprint density at radius 3 is 2.55 bits per heavy atom. The molecule has 0 fully saturated rings. The number of hydrogen-bond donors (Lipinski definition) is 1. The van der Waals surface area contributed by atoms with Gasteiger partial charge in [0.15, 0.2) is 0 Å². The summed E-state index contributed by atoms with van der Waals surface area (Å²) in [6.07, 6.45) is 0. The highest BCUT2D eigenvalue weighted by atomic mass is 16.5. The average Bonchev–Trinajstić information content (AvgIpc) is 2.84. The van der Waals surface area contributed by atoms with Crippen molar-refractivity contribution in [2.45, 2.75) is 6.54 Å². The zero-order valence-corrected chi connectivity index (χ0v) is 11.5. The van der Waals surface area contributed by atoms with Gasteiger partial charge < -0.3 is 15.0 Å². The molecule has 4 nitrogen and oxygen atoms in total. The van der Waals surface area contributed by atoms with Crippen LogP contribution in [0.5, 0.6) is 5.75 Å². The van der Waals surface area contributed by atoms with E-state index >= 15 is 0 Å². The summed E-state index contributed by atoms with van der Waals surface area (Å²) in [5.41, 5.74) is 3.69. The molecule has 4 heteroatoms. The Balaban J connectivity index is 1.92. The fourth-order valence-corrected chi connectivity index (χ4v) is 2.44. The number of methoxy groups -OCH3 is 1. The summed E-state index contributed by atoms with van der Waals surface area (Å²) in [4.78, 5) is 14.2. The molecule has 2 aromatic rings. The highest BCUT2D eigenvalue weighted by Gasteiger charge is 2.28. The fraction of sp³-hybridized carbons (Fsp3) is 0.188. The van der Waals surface area contributed by atoms with Crippen LogP contribution in [0.2, 0.25) is 0 Å². The Morgan fingerprint density at radius 2 is 1.90 bits per heavy atom. The molecular weight excluding hydrogens is 251 g/mol. The molecule has 0 saturated carbocycles. The van der Waals surface area contributed by atoms with Crippen LogP contribution in [0.25, 0.3) is 0 Å². The zero-order chi connectivity index (χ0) is 14.1. The van der Waals surface area contributed by atoms with E-state index in [1.54, 1.807) is 12.0 Å². The van der Waals surface area contributed by atoms with Crippen LogP contribution < -0.4 is 15.0 Å². The van der Waals surface area contributed by atoms with Crippen LogP contribution in [0, 0.1) is 0 Å². The van der Waals surface area contributed by atoms with Crippen LogP contribution >= 0.6 is 0 Å². The molecule has 0 bridgehead atoms. The topological polar surface area (TPSA) is 41.6 Å². The quantitative estimate of drug-likeness (QED) is 0.929. The Morgan fingerprint density at radius 1 is 1.15 bits per heavy atom. The van der Waals surface area contributed by atoms with E-state index in [2.05, 4.69) is 5.32 Å². The minimum atomic E-state index is 0.0415. The van der Waals surface area contributed by atoms with E-state index in [0.717, 1.165) is 28.3 Å². The summed E-state index contributed by atoms with van der Waals surface area (Å²) in [6.45, 7) is 0.588. The van der Waals surface area contributed by atoms with Gasteiger partial charge in [-0.05, 0) is 48.0 Å². The molecule has 0 saturated heterocycles. The third kappa shape index (κ3) is 1.99. The number of fused-ring (bicyclic) bond motifs is 1. The number of carbonyl (C=O) groups is 1. The second kappa shape index (κ2) is 4.89. The van der Waals surface area contributed by atoms with Crippen molar-refractivity contribution in [1.82, 2.24) is 0 Å². The Bertz CT molecular complexity index is 650. The molecule has 1 heterocycles. The Hall–Kier alpha value is -2.49. The number of carbonyl (C=O) groups excluding carboxylic acids is 1. The van der Waals surface area contributed by atoms with Gasteiger partial charge in [-0.15, -0.1) is 0 Å². The number of rotatable bonds is 3. The van der Waals surface area contributed by atoms with Gasteiger partial charge >= 0.3 is 0 Å². The average molecular weight is 267 g/mol. The molecule has 0 spiro atoms. The van der Waals surface area contributed by atoms with E-state index in [1.165, 1.54) is 0 Å². The molecule has 1 N–H and O–H groups in total. The summed E-state index contributed by atoms with van der Waals surface area (Å²) in [7, 11) is 3.50. The number of nitrogens with zero attached hydrogens (tertiary/aromatic N) is 1. The first-order valence-electron chi connectivity index (χ1n) is 6.49. The van der Waals surface area contributed by atoms with E-state index < -0.39 is 0 Å². The summed E-state index contributed by atoms with van der Waals surface area (Å²) in [6, 6.07) is 13.4. The van der Waals surface area contributed by atoms with Gasteiger partial charge in [0.2, 0.25) is 0 Å². The molecule has 0 aromatic heterocycles. The first kappa shape index (κ1) is 12.5. The maximum Gasteiger partial charge on any atom is 0.258 e. The Kier molecular flexibility index (Phi) is 3.06. The van der Waals surface area contributed by atoms with Crippen LogP contribution in [0.4, 0.5) is 11.4 Å². The van der Waals surface area contributed by atoms with Crippen molar-refractivity contribution in [3.8, 4) is 5.75 Å². The minimum absolute atomic E-state index is 0.0415. The van der Waals surface area contributed by atoms with E-state index in [1.807, 2.05) is 49.5 Å². The highest BCUT2D eigenvalue weighted by molar-refractivity contribution is 6.10. The highest BCUT2D eigenvalue weighted by Crippen LogP contribution is 2.31. The molecule has 0 unspecified atom stereocenters. The van der Waals surface area contributed by atoms with Crippen LogP contribution in [0.3, 0.4) is 0 Å². The first-order valence-corrected chi connectivity index (χ1v) is 6.49. The van der Waals surface area contributed by atoms with Gasteiger partial charge in [-0.25, -0.2) is 0 Å². The summed E-state index contributed by atoms with van der Waals surface area (Å²) >= 11 is 0. The molecule has 0 atom stereocenters. The third-order valence-electron chi connectivity index (χ3n) is 3.58. The summed E-state index contributed by atoms with van der Waals surface area (Å²) in [5, 5.41) is 3.07. The van der Waals surface area contributed by atoms with Crippen LogP contribution in [-0.2, 0) is 6.54 Å². The largest absolute Gasteiger partial charge is 0.497 e. The molecule has 1 aliphatic rings. The van der Waals surface area contributed by atoms with Gasteiger partial charge in [0.05, 0.1) is 13.7 Å². The number of amides is 1. The SMILES string of the molecule is COc1ccc2c(c1)CN(c1ccc(N[11CH3])cc1)C2=O. The van der Waals surface area contributed by atoms with Crippen molar-refractivity contribution in [2.75, 3.05) is 24.4 Å². The lowest BCUT2D eigenvalue weighted by atomic mass is 10.1. The van der Waals surface area contributed by atoms with Crippen molar-refractivity contribution >= 4 is 17.3 Å². The summed E-state index contributed by atoms with van der Waals surface area (Å²) < 4.78 is 5.21. The van der Waals surface area contributed by atoms with Gasteiger partial charge in [-0.1, -0.05) is 0 Å². The monoisotopic (exact) mass is 267 g/mol. The van der Waals surface area contributed by atoms with Crippen molar-refractivity contribution in [3.05, 3.63) is 53.6 Å². The van der Waals surface area contributed by atoms with Gasteiger partial charge in [0.25, 0.3) is 5.91 Å². The van der Waals surface area contributed by atoms with Crippen LogP contribution in [0.15, 0.2) is 42.5 Å². The maximum atomic E-state index is 12.4. The van der Waals surface area contributed by atoms with E-state index in [9.17, 15) is 4.79 Å². The van der Waals surface area contributed by atoms with Crippen LogP contribution in [-0.4, -0.2) is 20.1 Å². The fourth-order valence-electron chi connectivity index (χ4n) is 2.44.